The predicted octanol–water partition coefficient (Wildman–Crippen LogP) is 4.20. The summed E-state index contributed by atoms with van der Waals surface area (Å²) in [6, 6.07) is 11.8. The van der Waals surface area contributed by atoms with E-state index in [4.69, 9.17) is 4.74 Å². The van der Waals surface area contributed by atoms with E-state index in [1.807, 2.05) is 25.1 Å². The Bertz CT molecular complexity index is 859. The number of benzene rings is 2. The standard InChI is InChI=1S/C23H27FN2O3/c1-15-3-12-21(29-2)20(13-15)26-23(28)18-8-6-17(7-9-18)22(27)25-14-16-4-10-19(24)11-5-16/h3-5,10-13,17-18H,6-9,14H2,1-2H3,(H,25,27)(H,26,28). The van der Waals surface area contributed by atoms with Gasteiger partial charge in [-0.15, -0.1) is 0 Å². The highest BCUT2D eigenvalue weighted by atomic mass is 19.1. The number of aryl methyl sites for hydroxylation is 1. The van der Waals surface area contributed by atoms with Crippen molar-refractivity contribution in [2.45, 2.75) is 39.2 Å². The molecule has 0 bridgehead atoms. The van der Waals surface area contributed by atoms with Gasteiger partial charge in [0.2, 0.25) is 11.8 Å². The third-order valence-electron chi connectivity index (χ3n) is 5.46. The van der Waals surface area contributed by atoms with Crippen LogP contribution in [0.5, 0.6) is 5.75 Å². The van der Waals surface area contributed by atoms with Crippen molar-refractivity contribution in [2.75, 3.05) is 12.4 Å². The first-order valence-corrected chi connectivity index (χ1v) is 9.94. The predicted molar refractivity (Wildman–Crippen MR) is 110 cm³/mol. The van der Waals surface area contributed by atoms with Crippen LogP contribution >= 0.6 is 0 Å². The minimum atomic E-state index is -0.292. The third kappa shape index (κ3) is 5.56. The van der Waals surface area contributed by atoms with Crippen LogP contribution in [0.4, 0.5) is 10.1 Å². The summed E-state index contributed by atoms with van der Waals surface area (Å²) in [4.78, 5) is 25.1. The van der Waals surface area contributed by atoms with E-state index in [-0.39, 0.29) is 29.5 Å². The summed E-state index contributed by atoms with van der Waals surface area (Å²) in [6.07, 6.45) is 2.71. The highest BCUT2D eigenvalue weighted by molar-refractivity contribution is 5.94. The van der Waals surface area contributed by atoms with Crippen molar-refractivity contribution in [1.29, 1.82) is 0 Å². The molecular weight excluding hydrogens is 371 g/mol. The van der Waals surface area contributed by atoms with E-state index in [1.165, 1.54) is 12.1 Å². The van der Waals surface area contributed by atoms with E-state index in [0.29, 0.717) is 43.7 Å². The maximum atomic E-state index is 13.0. The van der Waals surface area contributed by atoms with Gasteiger partial charge in [-0.3, -0.25) is 9.59 Å². The van der Waals surface area contributed by atoms with Crippen LogP contribution in [0.25, 0.3) is 0 Å². The second-order valence-electron chi connectivity index (χ2n) is 7.59. The van der Waals surface area contributed by atoms with E-state index < -0.39 is 0 Å². The quantitative estimate of drug-likeness (QED) is 0.766. The molecule has 2 N–H and O–H groups in total. The second-order valence-corrected chi connectivity index (χ2v) is 7.59. The Kier molecular flexibility index (Phi) is 6.86. The summed E-state index contributed by atoms with van der Waals surface area (Å²) in [5, 5.41) is 5.89. The summed E-state index contributed by atoms with van der Waals surface area (Å²) in [6.45, 7) is 2.34. The number of carbonyl (C=O) groups is 2. The van der Waals surface area contributed by atoms with E-state index in [1.54, 1.807) is 19.2 Å². The fourth-order valence-electron chi connectivity index (χ4n) is 3.71. The molecule has 1 saturated carbocycles. The Morgan fingerprint density at radius 1 is 1.00 bits per heavy atom. The number of nitrogens with one attached hydrogen (secondary N) is 2. The normalized spacial score (nSPS) is 18.7. The Hall–Kier alpha value is -2.89. The Morgan fingerprint density at radius 3 is 2.24 bits per heavy atom. The molecule has 1 aliphatic rings. The average molecular weight is 398 g/mol. The molecule has 2 amide bonds. The number of ether oxygens (including phenoxy) is 1. The molecule has 3 rings (SSSR count). The number of halogens is 1. The zero-order valence-corrected chi connectivity index (χ0v) is 16.8. The highest BCUT2D eigenvalue weighted by Gasteiger charge is 2.30. The van der Waals surface area contributed by atoms with Gasteiger partial charge in [-0.05, 0) is 68.0 Å². The van der Waals surface area contributed by atoms with Gasteiger partial charge in [0.1, 0.15) is 11.6 Å². The molecular formula is C23H27FN2O3. The zero-order chi connectivity index (χ0) is 20.8. The van der Waals surface area contributed by atoms with Crippen molar-refractivity contribution in [3.05, 3.63) is 59.4 Å². The van der Waals surface area contributed by atoms with E-state index in [9.17, 15) is 14.0 Å². The summed E-state index contributed by atoms with van der Waals surface area (Å²) in [5.41, 5.74) is 2.58. The zero-order valence-electron chi connectivity index (χ0n) is 16.8. The number of methoxy groups -OCH3 is 1. The third-order valence-corrected chi connectivity index (χ3v) is 5.46. The molecule has 0 aromatic heterocycles. The lowest BCUT2D eigenvalue weighted by Gasteiger charge is -2.27. The van der Waals surface area contributed by atoms with Gasteiger partial charge in [0.25, 0.3) is 0 Å². The van der Waals surface area contributed by atoms with Crippen LogP contribution in [0.1, 0.15) is 36.8 Å². The van der Waals surface area contributed by atoms with Gasteiger partial charge in [-0.25, -0.2) is 4.39 Å². The monoisotopic (exact) mass is 398 g/mol. The fraction of sp³-hybridized carbons (Fsp3) is 0.391. The number of hydrogen-bond donors (Lipinski definition) is 2. The minimum Gasteiger partial charge on any atom is -0.495 e. The maximum Gasteiger partial charge on any atom is 0.227 e. The molecule has 0 atom stereocenters. The molecule has 1 aliphatic carbocycles. The Labute approximate surface area is 170 Å². The van der Waals surface area contributed by atoms with Crippen LogP contribution in [0.2, 0.25) is 0 Å². The summed E-state index contributed by atoms with van der Waals surface area (Å²) < 4.78 is 18.3. The van der Waals surface area contributed by atoms with Crippen molar-refractivity contribution in [3.63, 3.8) is 0 Å². The van der Waals surface area contributed by atoms with E-state index in [2.05, 4.69) is 10.6 Å². The Morgan fingerprint density at radius 2 is 1.62 bits per heavy atom. The first-order valence-electron chi connectivity index (χ1n) is 9.94. The van der Waals surface area contributed by atoms with Gasteiger partial charge in [0, 0.05) is 18.4 Å². The Balaban J connectivity index is 1.48. The maximum absolute atomic E-state index is 13.0. The van der Waals surface area contributed by atoms with Gasteiger partial charge >= 0.3 is 0 Å². The fourth-order valence-corrected chi connectivity index (χ4v) is 3.71. The molecule has 2 aromatic rings. The van der Waals surface area contributed by atoms with Crippen molar-refractivity contribution in [2.24, 2.45) is 11.8 Å². The van der Waals surface area contributed by atoms with E-state index >= 15 is 0 Å². The van der Waals surface area contributed by atoms with Gasteiger partial charge < -0.3 is 15.4 Å². The largest absolute Gasteiger partial charge is 0.495 e. The molecule has 154 valence electrons. The number of anilines is 1. The molecule has 2 aromatic carbocycles. The minimum absolute atomic E-state index is 0.00598. The van der Waals surface area contributed by atoms with Crippen LogP contribution in [0, 0.1) is 24.6 Å². The SMILES string of the molecule is COc1ccc(C)cc1NC(=O)C1CCC(C(=O)NCc2ccc(F)cc2)CC1. The number of hydrogen-bond acceptors (Lipinski definition) is 3. The van der Waals surface area contributed by atoms with Crippen molar-refractivity contribution in [3.8, 4) is 5.75 Å². The molecule has 0 unspecified atom stereocenters. The average Bonchev–Trinajstić information content (AvgIpc) is 2.73. The lowest BCUT2D eigenvalue weighted by atomic mass is 9.81. The van der Waals surface area contributed by atoms with E-state index in [0.717, 1.165) is 11.1 Å². The highest BCUT2D eigenvalue weighted by Crippen LogP contribution is 2.31. The molecule has 0 radical (unpaired) electrons. The topological polar surface area (TPSA) is 67.4 Å². The van der Waals surface area contributed by atoms with Crippen LogP contribution < -0.4 is 15.4 Å². The summed E-state index contributed by atoms with van der Waals surface area (Å²) >= 11 is 0. The molecule has 29 heavy (non-hydrogen) atoms. The van der Waals surface area contributed by atoms with Gasteiger partial charge in [-0.1, -0.05) is 18.2 Å². The lowest BCUT2D eigenvalue weighted by molar-refractivity contribution is -0.128. The number of carbonyl (C=O) groups excluding carboxylic acids is 2. The van der Waals surface area contributed by atoms with Crippen LogP contribution in [-0.4, -0.2) is 18.9 Å². The van der Waals surface area contributed by atoms with Crippen molar-refractivity contribution < 1.29 is 18.7 Å². The summed E-state index contributed by atoms with van der Waals surface area (Å²) in [7, 11) is 1.58. The molecule has 0 spiro atoms. The molecule has 1 fully saturated rings. The van der Waals surface area contributed by atoms with Gasteiger partial charge in [-0.2, -0.15) is 0 Å². The lowest BCUT2D eigenvalue weighted by Crippen LogP contribution is -2.35. The summed E-state index contributed by atoms with van der Waals surface area (Å²) in [5.74, 6) is 0.111. The first-order chi connectivity index (χ1) is 14.0. The van der Waals surface area contributed by atoms with Crippen LogP contribution in [-0.2, 0) is 16.1 Å². The number of rotatable bonds is 6. The molecule has 0 saturated heterocycles. The molecule has 0 heterocycles. The van der Waals surface area contributed by atoms with Gasteiger partial charge in [0.05, 0.1) is 12.8 Å². The number of amides is 2. The molecule has 5 nitrogen and oxygen atoms in total. The molecule has 6 heteroatoms. The van der Waals surface area contributed by atoms with Gasteiger partial charge in [0.15, 0.2) is 0 Å². The first kappa shape index (κ1) is 20.8. The van der Waals surface area contributed by atoms with Crippen LogP contribution in [0.3, 0.4) is 0 Å². The van der Waals surface area contributed by atoms with Crippen molar-refractivity contribution in [1.82, 2.24) is 5.32 Å². The second kappa shape index (κ2) is 9.54. The molecule has 0 aliphatic heterocycles. The smallest absolute Gasteiger partial charge is 0.227 e. The van der Waals surface area contributed by atoms with Crippen molar-refractivity contribution >= 4 is 17.5 Å². The van der Waals surface area contributed by atoms with Crippen LogP contribution in [0.15, 0.2) is 42.5 Å².